The first-order chi connectivity index (χ1) is 16.1. The van der Waals surface area contributed by atoms with Crippen molar-refractivity contribution in [1.82, 2.24) is 25.5 Å². The van der Waals surface area contributed by atoms with E-state index in [-0.39, 0.29) is 10.8 Å². The Bertz CT molecular complexity index is 1390. The molecule has 0 aliphatic carbocycles. The molecule has 4 rings (SSSR count). The minimum absolute atomic E-state index is 0.284. The number of aryl methyl sites for hydroxylation is 1. The number of rotatable bonds is 8. The molecular weight excluding hydrogens is 470 g/mol. The Balaban J connectivity index is 1.60. The van der Waals surface area contributed by atoms with Gasteiger partial charge in [0.15, 0.2) is 9.84 Å². The molecule has 0 unspecified atom stereocenters. The molecule has 0 spiro atoms. The van der Waals surface area contributed by atoms with Crippen molar-refractivity contribution in [3.8, 4) is 33.6 Å². The Morgan fingerprint density at radius 1 is 1.00 bits per heavy atom. The van der Waals surface area contributed by atoms with Gasteiger partial charge >= 0.3 is 0 Å². The van der Waals surface area contributed by atoms with E-state index in [1.54, 1.807) is 55.6 Å². The quantitative estimate of drug-likeness (QED) is 0.365. The van der Waals surface area contributed by atoms with Crippen LogP contribution in [0.4, 0.5) is 0 Å². The van der Waals surface area contributed by atoms with E-state index < -0.39 is 15.1 Å². The van der Waals surface area contributed by atoms with Crippen LogP contribution in [0, 0.1) is 6.92 Å². The summed E-state index contributed by atoms with van der Waals surface area (Å²) in [6.07, 6.45) is 1.65. The zero-order chi connectivity index (χ0) is 24.5. The zero-order valence-electron chi connectivity index (χ0n) is 19.7. The minimum Gasteiger partial charge on any atom is -0.414 e. The fourth-order valence-electron chi connectivity index (χ4n) is 3.19. The van der Waals surface area contributed by atoms with Crippen LogP contribution >= 0.6 is 11.3 Å². The van der Waals surface area contributed by atoms with E-state index >= 15 is 0 Å². The van der Waals surface area contributed by atoms with Gasteiger partial charge in [0, 0.05) is 23.0 Å². The van der Waals surface area contributed by atoms with E-state index in [0.717, 1.165) is 17.0 Å². The standard InChI is InChI=1S/C24H27N5O3S2/c1-14(2)25-12-18-8-11-21(33-18)23-28-29-24(32-23)22-16(5)26-13-20(27-22)17-6-9-19(10-7-17)34(30,31)15(3)4/h6-11,13-15,25H,12H2,1-5H3. The summed E-state index contributed by atoms with van der Waals surface area (Å²) >= 11 is 1.60. The molecule has 0 fully saturated rings. The highest BCUT2D eigenvalue weighted by molar-refractivity contribution is 7.92. The van der Waals surface area contributed by atoms with Crippen molar-refractivity contribution >= 4 is 21.2 Å². The lowest BCUT2D eigenvalue weighted by molar-refractivity contribution is 0.582. The lowest BCUT2D eigenvalue weighted by Gasteiger charge is -2.09. The smallest absolute Gasteiger partial charge is 0.268 e. The molecular formula is C24H27N5O3S2. The Morgan fingerprint density at radius 2 is 1.71 bits per heavy atom. The van der Waals surface area contributed by atoms with Crippen molar-refractivity contribution < 1.29 is 12.8 Å². The van der Waals surface area contributed by atoms with Crippen LogP contribution in [0.3, 0.4) is 0 Å². The molecule has 34 heavy (non-hydrogen) atoms. The summed E-state index contributed by atoms with van der Waals surface area (Å²) in [7, 11) is -3.34. The molecule has 0 saturated heterocycles. The van der Waals surface area contributed by atoms with Crippen molar-refractivity contribution in [2.75, 3.05) is 0 Å². The van der Waals surface area contributed by atoms with Gasteiger partial charge in [0.25, 0.3) is 11.8 Å². The van der Waals surface area contributed by atoms with Gasteiger partial charge < -0.3 is 9.73 Å². The fraction of sp³-hybridized carbons (Fsp3) is 0.333. The Kier molecular flexibility index (Phi) is 6.92. The van der Waals surface area contributed by atoms with Gasteiger partial charge in [-0.05, 0) is 45.0 Å². The SMILES string of the molecule is Cc1ncc(-c2ccc(S(=O)(=O)C(C)C)cc2)nc1-c1nnc(-c2ccc(CNC(C)C)s2)o1. The lowest BCUT2D eigenvalue weighted by Crippen LogP contribution is -2.21. The number of hydrogen-bond donors (Lipinski definition) is 1. The van der Waals surface area contributed by atoms with Crippen LogP contribution in [0.5, 0.6) is 0 Å². The van der Waals surface area contributed by atoms with Crippen molar-refractivity contribution in [2.24, 2.45) is 0 Å². The Hall–Kier alpha value is -2.95. The highest BCUT2D eigenvalue weighted by Gasteiger charge is 2.20. The first-order valence-electron chi connectivity index (χ1n) is 11.0. The predicted octanol–water partition coefficient (Wildman–Crippen LogP) is 4.91. The van der Waals surface area contributed by atoms with Crippen LogP contribution < -0.4 is 5.32 Å². The highest BCUT2D eigenvalue weighted by atomic mass is 32.2. The number of sulfone groups is 1. The van der Waals surface area contributed by atoms with Gasteiger partial charge in [-0.15, -0.1) is 21.5 Å². The summed E-state index contributed by atoms with van der Waals surface area (Å²) < 4.78 is 30.7. The number of nitrogens with zero attached hydrogens (tertiary/aromatic N) is 4. The number of hydrogen-bond acceptors (Lipinski definition) is 9. The van der Waals surface area contributed by atoms with Crippen LogP contribution in [0.2, 0.25) is 0 Å². The predicted molar refractivity (Wildman–Crippen MR) is 133 cm³/mol. The van der Waals surface area contributed by atoms with E-state index in [1.165, 1.54) is 4.88 Å². The number of nitrogens with one attached hydrogen (secondary N) is 1. The van der Waals surface area contributed by atoms with E-state index in [1.807, 2.05) is 19.1 Å². The molecule has 0 bridgehead atoms. The Labute approximate surface area is 203 Å². The topological polar surface area (TPSA) is 111 Å². The molecule has 1 N–H and O–H groups in total. The molecule has 3 aromatic heterocycles. The van der Waals surface area contributed by atoms with E-state index in [2.05, 4.69) is 39.3 Å². The molecule has 0 radical (unpaired) electrons. The van der Waals surface area contributed by atoms with Crippen molar-refractivity contribution in [3.63, 3.8) is 0 Å². The molecule has 0 aliphatic heterocycles. The van der Waals surface area contributed by atoms with Crippen LogP contribution in [-0.2, 0) is 16.4 Å². The molecule has 178 valence electrons. The molecule has 1 aromatic carbocycles. The third-order valence-electron chi connectivity index (χ3n) is 5.24. The van der Waals surface area contributed by atoms with Crippen LogP contribution in [0.25, 0.3) is 33.6 Å². The van der Waals surface area contributed by atoms with Crippen molar-refractivity contribution in [3.05, 3.63) is 53.2 Å². The normalized spacial score (nSPS) is 12.1. The second-order valence-electron chi connectivity index (χ2n) is 8.52. The highest BCUT2D eigenvalue weighted by Crippen LogP contribution is 2.31. The lowest BCUT2D eigenvalue weighted by atomic mass is 10.1. The first kappa shape index (κ1) is 24.2. The summed E-state index contributed by atoms with van der Waals surface area (Å²) in [5.74, 6) is 0.724. The van der Waals surface area contributed by atoms with Crippen LogP contribution in [-0.4, -0.2) is 39.9 Å². The van der Waals surface area contributed by atoms with E-state index in [9.17, 15) is 8.42 Å². The summed E-state index contributed by atoms with van der Waals surface area (Å²) in [5.41, 5.74) is 2.49. The molecule has 0 amide bonds. The third-order valence-corrected chi connectivity index (χ3v) is 8.48. The monoisotopic (exact) mass is 497 g/mol. The largest absolute Gasteiger partial charge is 0.414 e. The van der Waals surface area contributed by atoms with Crippen molar-refractivity contribution in [2.45, 2.75) is 57.4 Å². The molecule has 0 saturated carbocycles. The second-order valence-corrected chi connectivity index (χ2v) is 12.2. The van der Waals surface area contributed by atoms with Crippen LogP contribution in [0.1, 0.15) is 38.3 Å². The maximum atomic E-state index is 12.4. The molecule has 0 aliphatic rings. The van der Waals surface area contributed by atoms with Gasteiger partial charge in [0.2, 0.25) is 0 Å². The first-order valence-corrected chi connectivity index (χ1v) is 13.4. The zero-order valence-corrected chi connectivity index (χ0v) is 21.4. The van der Waals surface area contributed by atoms with E-state index in [4.69, 9.17) is 4.42 Å². The summed E-state index contributed by atoms with van der Waals surface area (Å²) in [6, 6.07) is 11.1. The average molecular weight is 498 g/mol. The molecule has 10 heteroatoms. The number of benzene rings is 1. The van der Waals surface area contributed by atoms with Gasteiger partial charge in [-0.1, -0.05) is 26.0 Å². The maximum Gasteiger partial charge on any atom is 0.268 e. The van der Waals surface area contributed by atoms with Crippen LogP contribution in [0.15, 0.2) is 51.9 Å². The van der Waals surface area contributed by atoms with Gasteiger partial charge in [0.05, 0.1) is 32.6 Å². The molecule has 8 nitrogen and oxygen atoms in total. The molecule has 3 heterocycles. The minimum atomic E-state index is -3.34. The van der Waals surface area contributed by atoms with Crippen molar-refractivity contribution in [1.29, 1.82) is 0 Å². The summed E-state index contributed by atoms with van der Waals surface area (Å²) in [6.45, 7) is 10.2. The molecule has 0 atom stereocenters. The molecule has 4 aromatic rings. The summed E-state index contributed by atoms with van der Waals surface area (Å²) in [5, 5.41) is 11.3. The van der Waals surface area contributed by atoms with Gasteiger partial charge in [0.1, 0.15) is 5.69 Å². The third kappa shape index (κ3) is 5.08. The van der Waals surface area contributed by atoms with E-state index in [0.29, 0.717) is 29.0 Å². The van der Waals surface area contributed by atoms with Gasteiger partial charge in [-0.3, -0.25) is 4.98 Å². The maximum absolute atomic E-state index is 12.4. The summed E-state index contributed by atoms with van der Waals surface area (Å²) in [4.78, 5) is 11.5. The number of thiophene rings is 1. The fourth-order valence-corrected chi connectivity index (χ4v) is 5.13. The average Bonchev–Trinajstić information content (AvgIpc) is 3.48. The Morgan fingerprint density at radius 3 is 2.38 bits per heavy atom. The number of aromatic nitrogens is 4. The van der Waals surface area contributed by atoms with Gasteiger partial charge in [-0.25, -0.2) is 13.4 Å². The second kappa shape index (κ2) is 9.73. The van der Waals surface area contributed by atoms with Gasteiger partial charge in [-0.2, -0.15) is 0 Å².